The summed E-state index contributed by atoms with van der Waals surface area (Å²) in [6.45, 7) is 16.5. The van der Waals surface area contributed by atoms with Crippen molar-refractivity contribution in [1.82, 2.24) is 29.7 Å². The van der Waals surface area contributed by atoms with E-state index in [0.717, 1.165) is 51.9 Å². The number of carbonyl (C=O) groups is 2. The summed E-state index contributed by atoms with van der Waals surface area (Å²) < 4.78 is 33.2. The Kier molecular flexibility index (Phi) is 7.96. The zero-order valence-electron chi connectivity index (χ0n) is 34.8. The van der Waals surface area contributed by atoms with Crippen molar-refractivity contribution in [3.05, 3.63) is 77.1 Å². The molecule has 1 saturated carbocycles. The van der Waals surface area contributed by atoms with Crippen LogP contribution in [0.15, 0.2) is 48.8 Å². The first-order valence-electron chi connectivity index (χ1n) is 20.1. The number of imidazole rings is 1. The van der Waals surface area contributed by atoms with Gasteiger partial charge in [-0.05, 0) is 86.5 Å². The molecule has 3 aliphatic rings. The molecule has 7 rings (SSSR count). The van der Waals surface area contributed by atoms with Crippen LogP contribution in [0.4, 0.5) is 4.79 Å². The van der Waals surface area contributed by atoms with E-state index in [-0.39, 0.29) is 6.04 Å². The van der Waals surface area contributed by atoms with Gasteiger partial charge in [0.1, 0.15) is 25.0 Å². The van der Waals surface area contributed by atoms with Gasteiger partial charge in [-0.25, -0.2) is 19.7 Å². The second-order valence-corrected chi connectivity index (χ2v) is 22.3. The summed E-state index contributed by atoms with van der Waals surface area (Å²) in [5.41, 5.74) is 8.90. The largest absolute Gasteiger partial charge is 0.444 e. The van der Waals surface area contributed by atoms with E-state index < -0.39 is 44.2 Å². The summed E-state index contributed by atoms with van der Waals surface area (Å²) >= 11 is 0. The number of carbonyl (C=O) groups excluding carboxylic acids is 2. The van der Waals surface area contributed by atoms with Crippen LogP contribution in [0.5, 0.6) is 0 Å². The highest BCUT2D eigenvalue weighted by molar-refractivity contribution is 6.90. The zero-order valence-corrected chi connectivity index (χ0v) is 32.8. The highest BCUT2D eigenvalue weighted by Gasteiger charge is 2.46. The molecule has 4 heterocycles. The topological polar surface area (TPSA) is 102 Å². The van der Waals surface area contributed by atoms with E-state index in [1.807, 2.05) is 51.1 Å². The fourth-order valence-corrected chi connectivity index (χ4v) is 14.2. The molecule has 1 N–H and O–H groups in total. The number of hydrogen-bond acceptors (Lipinski definition) is 6. The van der Waals surface area contributed by atoms with Gasteiger partial charge in [-0.3, -0.25) is 4.79 Å². The lowest BCUT2D eigenvalue weighted by Gasteiger charge is -2.41. The van der Waals surface area contributed by atoms with Crippen molar-refractivity contribution in [1.29, 1.82) is 0 Å². The Bertz CT molecular complexity index is 2200. The van der Waals surface area contributed by atoms with Gasteiger partial charge in [0.25, 0.3) is 5.91 Å². The number of nitrogens with one attached hydrogen (secondary N) is 1. The van der Waals surface area contributed by atoms with Crippen molar-refractivity contribution in [2.24, 2.45) is 0 Å². The van der Waals surface area contributed by atoms with E-state index in [4.69, 9.17) is 23.8 Å². The van der Waals surface area contributed by atoms with Crippen LogP contribution in [0.3, 0.4) is 0 Å². The van der Waals surface area contributed by atoms with Crippen molar-refractivity contribution in [2.45, 2.75) is 128 Å². The van der Waals surface area contributed by atoms with E-state index >= 15 is 0 Å². The molecule has 0 unspecified atom stereocenters. The van der Waals surface area contributed by atoms with Crippen molar-refractivity contribution in [3.63, 3.8) is 0 Å². The fourth-order valence-electron chi connectivity index (χ4n) is 9.00. The molecule has 52 heavy (non-hydrogen) atoms. The van der Waals surface area contributed by atoms with Crippen LogP contribution in [-0.4, -0.2) is 57.1 Å². The zero-order chi connectivity index (χ0) is 39.8. The smallest absolute Gasteiger partial charge is 0.408 e. The molecule has 4 aromatic rings. The lowest BCUT2D eigenvalue weighted by atomic mass is 9.76. The number of amides is 2. The SMILES string of the molecule is [2H]C([2H])([2H])N1C(=O)c2cccc(C#C[Si](C(C)C)(C(C)C)C(C)C)c2[C@H]2C[C@@H]1c1nc3ccc(-c4cnc(C5(NC(=O)OC(C)(C)C)CCC5)nc4)cc3n12. The molecule has 272 valence electrons. The first-order chi connectivity index (χ1) is 25.8. The predicted octanol–water partition coefficient (Wildman–Crippen LogP) is 9.09. The highest BCUT2D eigenvalue weighted by Crippen LogP contribution is 2.49. The number of hydrogen-bond donors (Lipinski definition) is 1. The summed E-state index contributed by atoms with van der Waals surface area (Å²) in [6.07, 6.45) is 5.83. The molecule has 9 nitrogen and oxygen atoms in total. The number of rotatable bonds is 6. The van der Waals surface area contributed by atoms with Crippen LogP contribution >= 0.6 is 0 Å². The molecule has 2 bridgehead atoms. The molecule has 0 saturated heterocycles. The normalized spacial score (nSPS) is 20.3. The standard InChI is InChI=1S/C42H52N6O3Si/c1-25(2)52(26(3)4,27(5)6)20-17-28-13-11-14-31-36(28)34-22-35(47(10)38(31)49)37-45-32-16-15-29(21-33(32)48(34)37)30-23-43-39(44-24-30)42(18-12-19-42)46-40(50)51-41(7,8)9/h11,13-16,21,23-27,34-35H,12,18-19,22H2,1-10H3,(H,46,50)/t34-,35-/m1/s1/i10D3. The number of ether oxygens (including phenoxy) is 1. The summed E-state index contributed by atoms with van der Waals surface area (Å²) in [6, 6.07) is 10.4. The Morgan fingerprint density at radius 3 is 2.31 bits per heavy atom. The minimum atomic E-state index is -2.68. The summed E-state index contributed by atoms with van der Waals surface area (Å²) in [5.74, 6) is 4.19. The van der Waals surface area contributed by atoms with E-state index in [1.54, 1.807) is 18.5 Å². The number of alkyl carbamates (subject to hydrolysis) is 1. The quantitative estimate of drug-likeness (QED) is 0.158. The maximum absolute atomic E-state index is 14.3. The van der Waals surface area contributed by atoms with Gasteiger partial charge in [0.2, 0.25) is 0 Å². The first-order valence-corrected chi connectivity index (χ1v) is 20.9. The lowest BCUT2D eigenvalue weighted by molar-refractivity contribution is 0.0364. The Labute approximate surface area is 313 Å². The third kappa shape index (κ3) is 5.81. The Morgan fingerprint density at radius 2 is 1.71 bits per heavy atom. The average molecular weight is 720 g/mol. The second kappa shape index (κ2) is 12.9. The molecular formula is C42H52N6O3Si. The molecule has 2 atom stereocenters. The number of nitrogens with zero attached hydrogens (tertiary/aromatic N) is 5. The van der Waals surface area contributed by atoms with Crippen LogP contribution in [0.25, 0.3) is 22.2 Å². The lowest BCUT2D eigenvalue weighted by Crippen LogP contribution is -2.53. The van der Waals surface area contributed by atoms with Crippen LogP contribution in [0, 0.1) is 11.5 Å². The molecule has 1 aliphatic carbocycles. The second-order valence-electron chi connectivity index (χ2n) is 16.8. The maximum Gasteiger partial charge on any atom is 0.408 e. The molecule has 2 aromatic heterocycles. The molecule has 0 spiro atoms. The minimum absolute atomic E-state index is 0.360. The van der Waals surface area contributed by atoms with Crippen LogP contribution in [0.2, 0.25) is 16.6 Å². The third-order valence-corrected chi connectivity index (χ3v) is 17.9. The van der Waals surface area contributed by atoms with Gasteiger partial charge in [0.05, 0.1) is 23.1 Å². The Morgan fingerprint density at radius 1 is 1.02 bits per heavy atom. The molecule has 2 aromatic carbocycles. The van der Waals surface area contributed by atoms with Gasteiger partial charge in [-0.2, -0.15) is 0 Å². The van der Waals surface area contributed by atoms with Crippen molar-refractivity contribution >= 4 is 31.1 Å². The van der Waals surface area contributed by atoms with E-state index in [2.05, 4.69) is 62.9 Å². The van der Waals surface area contributed by atoms with Gasteiger partial charge >= 0.3 is 6.09 Å². The minimum Gasteiger partial charge on any atom is -0.444 e. The van der Waals surface area contributed by atoms with Crippen molar-refractivity contribution in [2.75, 3.05) is 6.98 Å². The molecular weight excluding hydrogens is 665 g/mol. The van der Waals surface area contributed by atoms with Crippen molar-refractivity contribution < 1.29 is 18.4 Å². The van der Waals surface area contributed by atoms with E-state index in [0.29, 0.717) is 45.8 Å². The Hall–Kier alpha value is -4.49. The molecule has 2 amide bonds. The molecule has 1 fully saturated rings. The van der Waals surface area contributed by atoms with E-state index in [1.165, 1.54) is 0 Å². The van der Waals surface area contributed by atoms with Gasteiger partial charge < -0.3 is 19.5 Å². The van der Waals surface area contributed by atoms with Crippen molar-refractivity contribution in [3.8, 4) is 22.6 Å². The van der Waals surface area contributed by atoms with Gasteiger partial charge in [0.15, 0.2) is 5.82 Å². The monoisotopic (exact) mass is 719 g/mol. The summed E-state index contributed by atoms with van der Waals surface area (Å²) in [7, 11) is -2.13. The first kappa shape index (κ1) is 32.2. The number of benzene rings is 2. The van der Waals surface area contributed by atoms with Crippen LogP contribution in [-0.2, 0) is 10.3 Å². The Balaban J connectivity index is 1.33. The fraction of sp³-hybridized carbons (Fsp3) is 0.500. The van der Waals surface area contributed by atoms with E-state index in [9.17, 15) is 9.59 Å². The van der Waals surface area contributed by atoms with Gasteiger partial charge in [0, 0.05) is 52.2 Å². The van der Waals surface area contributed by atoms with Gasteiger partial charge in [-0.15, -0.1) is 5.54 Å². The predicted molar refractivity (Wildman–Crippen MR) is 208 cm³/mol. The summed E-state index contributed by atoms with van der Waals surface area (Å²) in [5, 5.41) is 3.03. The number of aromatic nitrogens is 4. The highest BCUT2D eigenvalue weighted by atomic mass is 28.3. The van der Waals surface area contributed by atoms with Gasteiger partial charge in [-0.1, -0.05) is 59.6 Å². The average Bonchev–Trinajstić information content (AvgIpc) is 3.57. The van der Waals surface area contributed by atoms with Crippen LogP contribution in [0.1, 0.15) is 137 Å². The van der Waals surface area contributed by atoms with Crippen LogP contribution < -0.4 is 5.32 Å². The third-order valence-electron chi connectivity index (χ3n) is 11.6. The molecule has 0 radical (unpaired) electrons. The number of fused-ring (bicyclic) bond motifs is 9. The molecule has 2 aliphatic heterocycles. The summed E-state index contributed by atoms with van der Waals surface area (Å²) in [4.78, 5) is 42.6. The maximum atomic E-state index is 14.3. The molecule has 10 heteroatoms.